The number of aromatic nitrogens is 2. The average molecular weight is 219 g/mol. The Kier molecular flexibility index (Phi) is 3.08. The van der Waals surface area contributed by atoms with Crippen molar-refractivity contribution in [2.75, 3.05) is 0 Å². The van der Waals surface area contributed by atoms with E-state index in [1.807, 2.05) is 42.2 Å². The minimum atomic E-state index is 0.720. The van der Waals surface area contributed by atoms with Gasteiger partial charge in [-0.1, -0.05) is 31.0 Å². The van der Waals surface area contributed by atoms with E-state index in [9.17, 15) is 0 Å². The number of rotatable bonds is 3. The number of nitrogens with zero attached hydrogens (tertiary/aromatic N) is 2. The third-order valence-electron chi connectivity index (χ3n) is 2.22. The van der Waals surface area contributed by atoms with Gasteiger partial charge in [0.1, 0.15) is 0 Å². The van der Waals surface area contributed by atoms with E-state index >= 15 is 0 Å². The molecule has 2 rings (SSSR count). The van der Waals surface area contributed by atoms with Gasteiger partial charge in [0, 0.05) is 12.7 Å². The molecule has 0 fully saturated rings. The summed E-state index contributed by atoms with van der Waals surface area (Å²) in [6.07, 6.45) is 3.86. The molecular formula is C11H13N3S. The maximum Gasteiger partial charge on any atom is 0.0690 e. The van der Waals surface area contributed by atoms with Crippen LogP contribution in [0.1, 0.15) is 11.1 Å². The average Bonchev–Trinajstić information content (AvgIpc) is 2.66. The molecule has 1 N–H and O–H groups in total. The maximum absolute atomic E-state index is 4.29. The number of aryl methyl sites for hydroxylation is 1. The zero-order chi connectivity index (χ0) is 10.7. The van der Waals surface area contributed by atoms with Gasteiger partial charge in [-0.05, 0) is 24.1 Å². The molecule has 3 nitrogen and oxygen atoms in total. The van der Waals surface area contributed by atoms with Crippen molar-refractivity contribution < 1.29 is 0 Å². The molecule has 0 atom stereocenters. The SMILES string of the molecule is Cc1cnn(-c2ccccc2CNS)c1. The molecule has 2 aromatic rings. The molecule has 0 spiro atoms. The zero-order valence-corrected chi connectivity index (χ0v) is 9.41. The summed E-state index contributed by atoms with van der Waals surface area (Å²) in [7, 11) is 0. The van der Waals surface area contributed by atoms with Crippen LogP contribution >= 0.6 is 12.8 Å². The molecule has 1 heterocycles. The summed E-state index contributed by atoms with van der Waals surface area (Å²) in [5, 5.41) is 4.29. The predicted octanol–water partition coefficient (Wildman–Crippen LogP) is 2.12. The van der Waals surface area contributed by atoms with Crippen molar-refractivity contribution in [3.05, 3.63) is 47.8 Å². The molecule has 1 aromatic heterocycles. The van der Waals surface area contributed by atoms with E-state index in [0.29, 0.717) is 0 Å². The smallest absolute Gasteiger partial charge is 0.0690 e. The Morgan fingerprint density at radius 3 is 2.87 bits per heavy atom. The van der Waals surface area contributed by atoms with Crippen molar-refractivity contribution in [3.63, 3.8) is 0 Å². The van der Waals surface area contributed by atoms with E-state index in [1.165, 1.54) is 5.56 Å². The van der Waals surface area contributed by atoms with Crippen LogP contribution in [-0.4, -0.2) is 9.78 Å². The standard InChI is InChI=1S/C11H13N3S/c1-9-6-12-14(8-9)11-5-3-2-4-10(11)7-13-15/h2-6,8,13,15H,7H2,1H3. The van der Waals surface area contributed by atoms with Gasteiger partial charge < -0.3 is 0 Å². The fourth-order valence-electron chi connectivity index (χ4n) is 1.51. The van der Waals surface area contributed by atoms with Gasteiger partial charge in [-0.3, -0.25) is 4.72 Å². The van der Waals surface area contributed by atoms with Crippen LogP contribution in [0.2, 0.25) is 0 Å². The molecule has 0 radical (unpaired) electrons. The second-order valence-corrected chi connectivity index (χ2v) is 3.74. The number of para-hydroxylation sites is 1. The Morgan fingerprint density at radius 1 is 1.40 bits per heavy atom. The van der Waals surface area contributed by atoms with Crippen molar-refractivity contribution in [2.24, 2.45) is 0 Å². The van der Waals surface area contributed by atoms with Crippen LogP contribution in [0.3, 0.4) is 0 Å². The van der Waals surface area contributed by atoms with Crippen LogP contribution in [0.25, 0.3) is 5.69 Å². The van der Waals surface area contributed by atoms with Gasteiger partial charge in [0.25, 0.3) is 0 Å². The Bertz CT molecular complexity index is 451. The molecule has 0 aliphatic carbocycles. The van der Waals surface area contributed by atoms with Gasteiger partial charge in [0.05, 0.1) is 11.9 Å². The topological polar surface area (TPSA) is 29.9 Å². The highest BCUT2D eigenvalue weighted by Crippen LogP contribution is 2.14. The van der Waals surface area contributed by atoms with Crippen molar-refractivity contribution in [2.45, 2.75) is 13.5 Å². The van der Waals surface area contributed by atoms with Crippen LogP contribution in [-0.2, 0) is 6.54 Å². The van der Waals surface area contributed by atoms with Gasteiger partial charge in [-0.15, -0.1) is 0 Å². The largest absolute Gasteiger partial charge is 0.262 e. The summed E-state index contributed by atoms with van der Waals surface area (Å²) in [5.41, 5.74) is 3.42. The Hall–Kier alpha value is -1.26. The normalized spacial score (nSPS) is 10.5. The molecule has 0 saturated heterocycles. The molecule has 0 saturated carbocycles. The first-order valence-electron chi connectivity index (χ1n) is 4.78. The number of nitrogens with one attached hydrogen (secondary N) is 1. The van der Waals surface area contributed by atoms with E-state index in [1.54, 1.807) is 0 Å². The number of thiol groups is 1. The summed E-state index contributed by atoms with van der Waals surface area (Å²) < 4.78 is 4.74. The van der Waals surface area contributed by atoms with E-state index in [0.717, 1.165) is 17.8 Å². The monoisotopic (exact) mass is 219 g/mol. The van der Waals surface area contributed by atoms with Gasteiger partial charge in [0.15, 0.2) is 0 Å². The lowest BCUT2D eigenvalue weighted by Crippen LogP contribution is -2.05. The first-order valence-corrected chi connectivity index (χ1v) is 5.22. The maximum atomic E-state index is 4.29. The molecule has 4 heteroatoms. The van der Waals surface area contributed by atoms with Crippen LogP contribution in [0.4, 0.5) is 0 Å². The second kappa shape index (κ2) is 4.51. The molecule has 0 amide bonds. The van der Waals surface area contributed by atoms with Crippen molar-refractivity contribution in [1.82, 2.24) is 14.5 Å². The zero-order valence-electron chi connectivity index (χ0n) is 8.51. The Labute approximate surface area is 94.7 Å². The molecule has 78 valence electrons. The fraction of sp³-hybridized carbons (Fsp3) is 0.182. The minimum Gasteiger partial charge on any atom is -0.262 e. The highest BCUT2D eigenvalue weighted by atomic mass is 32.1. The highest BCUT2D eigenvalue weighted by molar-refractivity contribution is 7.78. The minimum absolute atomic E-state index is 0.720. The van der Waals surface area contributed by atoms with Gasteiger partial charge in [0.2, 0.25) is 0 Å². The summed E-state index contributed by atoms with van der Waals surface area (Å²) >= 11 is 4.02. The van der Waals surface area contributed by atoms with Crippen LogP contribution in [0.5, 0.6) is 0 Å². The summed E-state index contributed by atoms with van der Waals surface area (Å²) in [5.74, 6) is 0. The van der Waals surface area contributed by atoms with Gasteiger partial charge in [-0.25, -0.2) is 4.68 Å². The Morgan fingerprint density at radius 2 is 2.20 bits per heavy atom. The van der Waals surface area contributed by atoms with Gasteiger partial charge in [-0.2, -0.15) is 5.10 Å². The van der Waals surface area contributed by atoms with E-state index < -0.39 is 0 Å². The summed E-state index contributed by atoms with van der Waals surface area (Å²) in [6.45, 7) is 2.75. The van der Waals surface area contributed by atoms with Crippen LogP contribution in [0, 0.1) is 6.92 Å². The third-order valence-corrected chi connectivity index (χ3v) is 2.38. The van der Waals surface area contributed by atoms with E-state index in [-0.39, 0.29) is 0 Å². The van der Waals surface area contributed by atoms with Crippen molar-refractivity contribution >= 4 is 12.8 Å². The molecule has 0 aliphatic heterocycles. The lowest BCUT2D eigenvalue weighted by molar-refractivity contribution is 0.849. The van der Waals surface area contributed by atoms with Crippen LogP contribution < -0.4 is 4.72 Å². The highest BCUT2D eigenvalue weighted by Gasteiger charge is 2.03. The van der Waals surface area contributed by atoms with Crippen molar-refractivity contribution in [3.8, 4) is 5.69 Å². The molecule has 1 aromatic carbocycles. The summed E-state index contributed by atoms with van der Waals surface area (Å²) in [4.78, 5) is 0. The lowest BCUT2D eigenvalue weighted by atomic mass is 10.2. The quantitative estimate of drug-likeness (QED) is 0.774. The third kappa shape index (κ3) is 2.22. The molecule has 0 bridgehead atoms. The van der Waals surface area contributed by atoms with E-state index in [4.69, 9.17) is 0 Å². The van der Waals surface area contributed by atoms with E-state index in [2.05, 4.69) is 28.7 Å². The predicted molar refractivity (Wildman–Crippen MR) is 64.1 cm³/mol. The molecular weight excluding hydrogens is 206 g/mol. The number of hydrogen-bond acceptors (Lipinski definition) is 3. The van der Waals surface area contributed by atoms with Gasteiger partial charge >= 0.3 is 0 Å². The number of benzene rings is 1. The fourth-order valence-corrected chi connectivity index (χ4v) is 1.68. The first-order chi connectivity index (χ1) is 7.31. The van der Waals surface area contributed by atoms with Crippen LogP contribution in [0.15, 0.2) is 36.7 Å². The molecule has 0 unspecified atom stereocenters. The van der Waals surface area contributed by atoms with Crippen molar-refractivity contribution in [1.29, 1.82) is 0 Å². The first kappa shape index (κ1) is 10.3. The second-order valence-electron chi connectivity index (χ2n) is 3.43. The Balaban J connectivity index is 2.42. The molecule has 15 heavy (non-hydrogen) atoms. The lowest BCUT2D eigenvalue weighted by Gasteiger charge is -2.08. The molecule has 0 aliphatic rings. The number of hydrogen-bond donors (Lipinski definition) is 2. The summed E-state index contributed by atoms with van der Waals surface area (Å²) in [6, 6.07) is 8.14.